The molecule has 16 heavy (non-hydrogen) atoms. The SMILES string of the molecule is CCN(C)C(=O)N1CCN(CCCN)CC1. The van der Waals surface area contributed by atoms with Gasteiger partial charge in [-0.15, -0.1) is 0 Å². The fourth-order valence-electron chi connectivity index (χ4n) is 1.85. The van der Waals surface area contributed by atoms with Crippen LogP contribution < -0.4 is 5.73 Å². The maximum atomic E-state index is 11.9. The first-order valence-electron chi connectivity index (χ1n) is 6.11. The van der Waals surface area contributed by atoms with Crippen LogP contribution in [-0.4, -0.2) is 73.6 Å². The van der Waals surface area contributed by atoms with E-state index in [1.807, 2.05) is 18.9 Å². The first kappa shape index (κ1) is 13.3. The van der Waals surface area contributed by atoms with E-state index >= 15 is 0 Å². The lowest BCUT2D eigenvalue weighted by Gasteiger charge is -2.36. The molecule has 1 aliphatic heterocycles. The van der Waals surface area contributed by atoms with Crippen molar-refractivity contribution in [2.75, 3.05) is 52.9 Å². The van der Waals surface area contributed by atoms with Gasteiger partial charge in [-0.1, -0.05) is 0 Å². The molecule has 1 saturated heterocycles. The molecule has 1 heterocycles. The van der Waals surface area contributed by atoms with E-state index in [0.717, 1.165) is 52.2 Å². The maximum Gasteiger partial charge on any atom is 0.319 e. The van der Waals surface area contributed by atoms with Crippen molar-refractivity contribution in [3.05, 3.63) is 0 Å². The summed E-state index contributed by atoms with van der Waals surface area (Å²) in [7, 11) is 1.85. The van der Waals surface area contributed by atoms with E-state index < -0.39 is 0 Å². The van der Waals surface area contributed by atoms with Gasteiger partial charge in [0.05, 0.1) is 0 Å². The number of amides is 2. The van der Waals surface area contributed by atoms with E-state index in [4.69, 9.17) is 5.73 Å². The number of urea groups is 1. The molecular weight excluding hydrogens is 204 g/mol. The molecule has 2 amide bonds. The Labute approximate surface area is 98.2 Å². The molecule has 0 bridgehead atoms. The fraction of sp³-hybridized carbons (Fsp3) is 0.909. The number of piperazine rings is 1. The van der Waals surface area contributed by atoms with Gasteiger partial charge >= 0.3 is 6.03 Å². The Bertz CT molecular complexity index is 214. The molecular formula is C11H24N4O. The highest BCUT2D eigenvalue weighted by Gasteiger charge is 2.22. The Hall–Kier alpha value is -0.810. The van der Waals surface area contributed by atoms with Gasteiger partial charge in [-0.25, -0.2) is 4.79 Å². The average molecular weight is 228 g/mol. The monoisotopic (exact) mass is 228 g/mol. The number of rotatable bonds is 4. The van der Waals surface area contributed by atoms with Crippen LogP contribution in [0.5, 0.6) is 0 Å². The molecule has 0 spiro atoms. The summed E-state index contributed by atoms with van der Waals surface area (Å²) in [5.74, 6) is 0. The molecule has 1 rings (SSSR count). The van der Waals surface area contributed by atoms with Crippen LogP contribution in [-0.2, 0) is 0 Å². The van der Waals surface area contributed by atoms with Crippen LogP contribution in [0.25, 0.3) is 0 Å². The van der Waals surface area contributed by atoms with E-state index in [9.17, 15) is 4.79 Å². The summed E-state index contributed by atoms with van der Waals surface area (Å²) in [4.78, 5) is 17.9. The zero-order valence-corrected chi connectivity index (χ0v) is 10.5. The van der Waals surface area contributed by atoms with Crippen LogP contribution in [0.2, 0.25) is 0 Å². The number of hydrogen-bond acceptors (Lipinski definition) is 3. The predicted octanol–water partition coefficient (Wildman–Crippen LogP) is 0.0245. The summed E-state index contributed by atoms with van der Waals surface area (Å²) >= 11 is 0. The summed E-state index contributed by atoms with van der Waals surface area (Å²) in [5, 5.41) is 0. The Kier molecular flexibility index (Phi) is 5.55. The second kappa shape index (κ2) is 6.70. The third-order valence-corrected chi connectivity index (χ3v) is 3.12. The Balaban J connectivity index is 2.28. The smallest absolute Gasteiger partial charge is 0.319 e. The summed E-state index contributed by atoms with van der Waals surface area (Å²) in [6, 6.07) is 0.154. The third-order valence-electron chi connectivity index (χ3n) is 3.12. The number of carbonyl (C=O) groups excluding carboxylic acids is 1. The van der Waals surface area contributed by atoms with Gasteiger partial charge < -0.3 is 15.5 Å². The van der Waals surface area contributed by atoms with Crippen molar-refractivity contribution in [1.29, 1.82) is 0 Å². The quantitative estimate of drug-likeness (QED) is 0.738. The molecule has 0 unspecified atom stereocenters. The van der Waals surface area contributed by atoms with Crippen LogP contribution >= 0.6 is 0 Å². The largest absolute Gasteiger partial charge is 0.330 e. The number of carbonyl (C=O) groups is 1. The molecule has 0 aromatic carbocycles. The first-order chi connectivity index (χ1) is 7.69. The van der Waals surface area contributed by atoms with Crippen LogP contribution in [0.1, 0.15) is 13.3 Å². The second-order valence-corrected chi connectivity index (χ2v) is 4.27. The minimum atomic E-state index is 0.154. The molecule has 94 valence electrons. The third kappa shape index (κ3) is 3.64. The lowest BCUT2D eigenvalue weighted by atomic mass is 10.3. The van der Waals surface area contributed by atoms with E-state index in [2.05, 4.69) is 4.90 Å². The maximum absolute atomic E-state index is 11.9. The Morgan fingerprint density at radius 3 is 2.44 bits per heavy atom. The Morgan fingerprint density at radius 1 is 1.31 bits per heavy atom. The molecule has 5 heteroatoms. The van der Waals surface area contributed by atoms with Crippen LogP contribution in [0, 0.1) is 0 Å². The molecule has 0 aromatic rings. The average Bonchev–Trinajstić information content (AvgIpc) is 2.35. The van der Waals surface area contributed by atoms with Crippen molar-refractivity contribution >= 4 is 6.03 Å². The summed E-state index contributed by atoms with van der Waals surface area (Å²) in [6.07, 6.45) is 1.04. The minimum absolute atomic E-state index is 0.154. The zero-order chi connectivity index (χ0) is 12.0. The highest BCUT2D eigenvalue weighted by Crippen LogP contribution is 2.05. The zero-order valence-electron chi connectivity index (χ0n) is 10.5. The van der Waals surface area contributed by atoms with Gasteiger partial charge in [0.25, 0.3) is 0 Å². The van der Waals surface area contributed by atoms with E-state index in [1.54, 1.807) is 4.90 Å². The second-order valence-electron chi connectivity index (χ2n) is 4.27. The van der Waals surface area contributed by atoms with Crippen molar-refractivity contribution in [3.63, 3.8) is 0 Å². The van der Waals surface area contributed by atoms with Crippen molar-refractivity contribution in [1.82, 2.24) is 14.7 Å². The highest BCUT2D eigenvalue weighted by molar-refractivity contribution is 5.74. The lowest BCUT2D eigenvalue weighted by molar-refractivity contribution is 0.119. The molecule has 0 radical (unpaired) electrons. The topological polar surface area (TPSA) is 52.8 Å². The predicted molar refractivity (Wildman–Crippen MR) is 65.4 cm³/mol. The van der Waals surface area contributed by atoms with Gasteiger partial charge in [0, 0.05) is 39.8 Å². The molecule has 2 N–H and O–H groups in total. The first-order valence-corrected chi connectivity index (χ1v) is 6.11. The molecule has 0 aliphatic carbocycles. The molecule has 1 aliphatic rings. The van der Waals surface area contributed by atoms with Crippen molar-refractivity contribution < 1.29 is 4.79 Å². The van der Waals surface area contributed by atoms with E-state index in [1.165, 1.54) is 0 Å². The van der Waals surface area contributed by atoms with E-state index in [0.29, 0.717) is 0 Å². The Morgan fingerprint density at radius 2 is 1.94 bits per heavy atom. The van der Waals surface area contributed by atoms with Gasteiger partial charge in [-0.05, 0) is 26.4 Å². The van der Waals surface area contributed by atoms with Crippen molar-refractivity contribution in [2.45, 2.75) is 13.3 Å². The summed E-state index contributed by atoms with van der Waals surface area (Å²) in [6.45, 7) is 8.20. The fourth-order valence-corrected chi connectivity index (χ4v) is 1.85. The van der Waals surface area contributed by atoms with Crippen molar-refractivity contribution in [3.8, 4) is 0 Å². The van der Waals surface area contributed by atoms with Gasteiger partial charge in [0.2, 0.25) is 0 Å². The standard InChI is InChI=1S/C11H24N4O/c1-3-13(2)11(16)15-9-7-14(8-10-15)6-4-5-12/h3-10,12H2,1-2H3. The highest BCUT2D eigenvalue weighted by atomic mass is 16.2. The summed E-state index contributed by atoms with van der Waals surface area (Å²) < 4.78 is 0. The summed E-state index contributed by atoms with van der Waals surface area (Å²) in [5.41, 5.74) is 5.48. The van der Waals surface area contributed by atoms with E-state index in [-0.39, 0.29) is 6.03 Å². The normalized spacial score (nSPS) is 17.6. The van der Waals surface area contributed by atoms with Crippen LogP contribution in [0.15, 0.2) is 0 Å². The number of nitrogens with two attached hydrogens (primary N) is 1. The van der Waals surface area contributed by atoms with Gasteiger partial charge in [-0.3, -0.25) is 4.90 Å². The molecule has 5 nitrogen and oxygen atoms in total. The molecule has 0 saturated carbocycles. The van der Waals surface area contributed by atoms with Crippen LogP contribution in [0.4, 0.5) is 4.79 Å². The van der Waals surface area contributed by atoms with Crippen LogP contribution in [0.3, 0.4) is 0 Å². The minimum Gasteiger partial charge on any atom is -0.330 e. The van der Waals surface area contributed by atoms with Gasteiger partial charge in [-0.2, -0.15) is 0 Å². The van der Waals surface area contributed by atoms with Gasteiger partial charge in [0.15, 0.2) is 0 Å². The molecule has 0 aromatic heterocycles. The number of hydrogen-bond donors (Lipinski definition) is 1. The van der Waals surface area contributed by atoms with Gasteiger partial charge in [0.1, 0.15) is 0 Å². The lowest BCUT2D eigenvalue weighted by Crippen LogP contribution is -2.52. The van der Waals surface area contributed by atoms with Crippen molar-refractivity contribution in [2.24, 2.45) is 5.73 Å². The molecule has 1 fully saturated rings. The molecule has 0 atom stereocenters. The number of nitrogens with zero attached hydrogens (tertiary/aromatic N) is 3.